The molecule has 0 amide bonds. The molecule has 0 spiro atoms. The van der Waals surface area contributed by atoms with Crippen LogP contribution in [0.1, 0.15) is 40.5 Å². The van der Waals surface area contributed by atoms with E-state index in [2.05, 4.69) is 34.3 Å². The van der Waals surface area contributed by atoms with Crippen molar-refractivity contribution in [3.63, 3.8) is 0 Å². The Bertz CT molecular complexity index is 165. The van der Waals surface area contributed by atoms with E-state index >= 15 is 0 Å². The van der Waals surface area contributed by atoms with Crippen LogP contribution in [0.2, 0.25) is 0 Å². The molecule has 0 heteroatoms. The first kappa shape index (κ1) is 8.83. The molecule has 0 saturated heterocycles. The Labute approximate surface area is 70.7 Å². The summed E-state index contributed by atoms with van der Waals surface area (Å²) in [4.78, 5) is 0. The number of allylic oxidation sites excluding steroid dienone is 1. The van der Waals surface area contributed by atoms with Gasteiger partial charge < -0.3 is 0 Å². The van der Waals surface area contributed by atoms with E-state index in [1.165, 1.54) is 18.4 Å². The lowest BCUT2D eigenvalue weighted by molar-refractivity contribution is 0.105. The minimum absolute atomic E-state index is 0.528. The first-order chi connectivity index (χ1) is 4.99. The van der Waals surface area contributed by atoms with Gasteiger partial charge in [0.25, 0.3) is 0 Å². The molecule has 1 aliphatic rings. The van der Waals surface area contributed by atoms with E-state index < -0.39 is 0 Å². The van der Waals surface area contributed by atoms with Gasteiger partial charge in [-0.25, -0.2) is 0 Å². The van der Waals surface area contributed by atoms with Gasteiger partial charge in [-0.15, -0.1) is 0 Å². The van der Waals surface area contributed by atoms with E-state index in [1.807, 2.05) is 0 Å². The van der Waals surface area contributed by atoms with Crippen molar-refractivity contribution in [2.24, 2.45) is 17.3 Å². The summed E-state index contributed by atoms with van der Waals surface area (Å²) < 4.78 is 0. The van der Waals surface area contributed by atoms with Crippen molar-refractivity contribution in [1.82, 2.24) is 0 Å². The summed E-state index contributed by atoms with van der Waals surface area (Å²) in [6, 6.07) is 0. The molecule has 1 rings (SSSR count). The van der Waals surface area contributed by atoms with Crippen LogP contribution in [0.3, 0.4) is 0 Å². The predicted molar refractivity (Wildman–Crippen MR) is 50.5 cm³/mol. The first-order valence-corrected chi connectivity index (χ1v) is 4.66. The maximum atomic E-state index is 4.04. The highest BCUT2D eigenvalue weighted by Gasteiger charge is 2.40. The van der Waals surface area contributed by atoms with Crippen molar-refractivity contribution < 1.29 is 0 Å². The van der Waals surface area contributed by atoms with E-state index in [0.29, 0.717) is 5.41 Å². The van der Waals surface area contributed by atoms with Crippen molar-refractivity contribution in [2.45, 2.75) is 40.5 Å². The minimum Gasteiger partial charge on any atom is -0.0996 e. The van der Waals surface area contributed by atoms with Crippen LogP contribution in [-0.4, -0.2) is 0 Å². The highest BCUT2D eigenvalue weighted by atomic mass is 14.4. The number of hydrogen-bond donors (Lipinski definition) is 0. The van der Waals surface area contributed by atoms with Crippen molar-refractivity contribution >= 4 is 0 Å². The molecule has 0 aliphatic heterocycles. The average molecular weight is 152 g/mol. The molecule has 0 N–H and O–H groups in total. The Kier molecular flexibility index (Phi) is 2.13. The van der Waals surface area contributed by atoms with Crippen molar-refractivity contribution in [1.29, 1.82) is 0 Å². The van der Waals surface area contributed by atoms with E-state index in [1.54, 1.807) is 0 Å². The van der Waals surface area contributed by atoms with E-state index in [4.69, 9.17) is 0 Å². The van der Waals surface area contributed by atoms with Gasteiger partial charge in [-0.1, -0.05) is 46.3 Å². The SMILES string of the molecule is C=C1CC(C(C)(C)CC)C1C. The topological polar surface area (TPSA) is 0 Å². The molecule has 64 valence electrons. The fourth-order valence-corrected chi connectivity index (χ4v) is 1.98. The zero-order chi connectivity index (χ0) is 8.65. The summed E-state index contributed by atoms with van der Waals surface area (Å²) >= 11 is 0. The molecule has 0 aromatic heterocycles. The smallest absolute Gasteiger partial charge is 0.0198 e. The Balaban J connectivity index is 2.57. The third-order valence-electron chi connectivity index (χ3n) is 3.64. The molecule has 0 heterocycles. The van der Waals surface area contributed by atoms with Crippen LogP contribution in [0.25, 0.3) is 0 Å². The van der Waals surface area contributed by atoms with Gasteiger partial charge in [0.05, 0.1) is 0 Å². The molecular weight excluding hydrogens is 132 g/mol. The molecule has 0 bridgehead atoms. The third kappa shape index (κ3) is 1.36. The van der Waals surface area contributed by atoms with Gasteiger partial charge >= 0.3 is 0 Å². The lowest BCUT2D eigenvalue weighted by atomic mass is 9.58. The molecule has 1 aliphatic carbocycles. The second-order valence-electron chi connectivity index (χ2n) is 4.60. The minimum atomic E-state index is 0.528. The standard InChI is InChI=1S/C11H20/c1-6-11(4,5)10-7-8(2)9(10)3/h9-10H,2,6-7H2,1,3-5H3. The van der Waals surface area contributed by atoms with Crippen molar-refractivity contribution in [3.05, 3.63) is 12.2 Å². The highest BCUT2D eigenvalue weighted by Crippen LogP contribution is 2.50. The van der Waals surface area contributed by atoms with Gasteiger partial charge in [0.15, 0.2) is 0 Å². The normalized spacial score (nSPS) is 31.8. The van der Waals surface area contributed by atoms with Gasteiger partial charge in [0.2, 0.25) is 0 Å². The molecule has 0 radical (unpaired) electrons. The van der Waals surface area contributed by atoms with E-state index in [9.17, 15) is 0 Å². The van der Waals surface area contributed by atoms with Crippen LogP contribution < -0.4 is 0 Å². The Morgan fingerprint density at radius 3 is 2.36 bits per heavy atom. The van der Waals surface area contributed by atoms with Crippen LogP contribution in [-0.2, 0) is 0 Å². The summed E-state index contributed by atoms with van der Waals surface area (Å²) in [5.74, 6) is 1.66. The summed E-state index contributed by atoms with van der Waals surface area (Å²) in [5, 5.41) is 0. The van der Waals surface area contributed by atoms with Gasteiger partial charge in [-0.2, -0.15) is 0 Å². The summed E-state index contributed by atoms with van der Waals surface area (Å²) in [6.07, 6.45) is 2.55. The largest absolute Gasteiger partial charge is 0.0996 e. The molecule has 0 aromatic rings. The molecule has 0 nitrogen and oxygen atoms in total. The molecule has 0 aromatic carbocycles. The van der Waals surface area contributed by atoms with E-state index in [-0.39, 0.29) is 0 Å². The number of rotatable bonds is 2. The third-order valence-corrected chi connectivity index (χ3v) is 3.64. The highest BCUT2D eigenvalue weighted by molar-refractivity contribution is 5.15. The molecule has 2 atom stereocenters. The number of hydrogen-bond acceptors (Lipinski definition) is 0. The average Bonchev–Trinajstić information content (AvgIpc) is 1.99. The quantitative estimate of drug-likeness (QED) is 0.530. The maximum absolute atomic E-state index is 4.04. The van der Waals surface area contributed by atoms with Crippen LogP contribution in [0.4, 0.5) is 0 Å². The molecular formula is C11H20. The zero-order valence-electron chi connectivity index (χ0n) is 8.28. The lowest BCUT2D eigenvalue weighted by Crippen LogP contribution is -2.37. The Morgan fingerprint density at radius 2 is 2.09 bits per heavy atom. The second-order valence-corrected chi connectivity index (χ2v) is 4.60. The zero-order valence-corrected chi connectivity index (χ0v) is 8.28. The summed E-state index contributed by atoms with van der Waals surface area (Å²) in [7, 11) is 0. The Hall–Kier alpha value is -0.260. The molecule has 2 unspecified atom stereocenters. The maximum Gasteiger partial charge on any atom is -0.0198 e. The summed E-state index contributed by atoms with van der Waals surface area (Å²) in [5.41, 5.74) is 1.98. The first-order valence-electron chi connectivity index (χ1n) is 4.66. The van der Waals surface area contributed by atoms with E-state index in [0.717, 1.165) is 11.8 Å². The molecule has 11 heavy (non-hydrogen) atoms. The van der Waals surface area contributed by atoms with Crippen molar-refractivity contribution in [3.8, 4) is 0 Å². The van der Waals surface area contributed by atoms with Crippen LogP contribution in [0.15, 0.2) is 12.2 Å². The second kappa shape index (κ2) is 2.66. The lowest BCUT2D eigenvalue weighted by Gasteiger charge is -2.47. The molecule has 1 fully saturated rings. The van der Waals surface area contributed by atoms with Gasteiger partial charge in [-0.05, 0) is 23.7 Å². The van der Waals surface area contributed by atoms with Crippen LogP contribution in [0.5, 0.6) is 0 Å². The summed E-state index contributed by atoms with van der Waals surface area (Å²) in [6.45, 7) is 13.4. The van der Waals surface area contributed by atoms with Gasteiger partial charge in [0, 0.05) is 0 Å². The van der Waals surface area contributed by atoms with Crippen LogP contribution in [0, 0.1) is 17.3 Å². The van der Waals surface area contributed by atoms with Gasteiger partial charge in [-0.3, -0.25) is 0 Å². The fraction of sp³-hybridized carbons (Fsp3) is 0.818. The Morgan fingerprint density at radius 1 is 1.55 bits per heavy atom. The van der Waals surface area contributed by atoms with Gasteiger partial charge in [0.1, 0.15) is 0 Å². The van der Waals surface area contributed by atoms with Crippen molar-refractivity contribution in [2.75, 3.05) is 0 Å². The monoisotopic (exact) mass is 152 g/mol. The van der Waals surface area contributed by atoms with Crippen LogP contribution >= 0.6 is 0 Å². The molecule has 1 saturated carbocycles. The fourth-order valence-electron chi connectivity index (χ4n) is 1.98. The predicted octanol–water partition coefficient (Wildman–Crippen LogP) is 3.63.